The van der Waals surface area contributed by atoms with Crippen molar-refractivity contribution in [3.8, 4) is 11.3 Å². The van der Waals surface area contributed by atoms with Gasteiger partial charge >= 0.3 is 0 Å². The molecular formula is C27H21F2N5O. The Morgan fingerprint density at radius 1 is 0.943 bits per heavy atom. The number of carbonyl (C=O) groups excluding carboxylic acids is 1. The highest BCUT2D eigenvalue weighted by Crippen LogP contribution is 2.24. The van der Waals surface area contributed by atoms with Gasteiger partial charge in [0.2, 0.25) is 0 Å². The minimum atomic E-state index is -2.75. The molecule has 0 aliphatic carbocycles. The average Bonchev–Trinajstić information content (AvgIpc) is 3.36. The molecule has 0 saturated carbocycles. The second-order valence-corrected chi connectivity index (χ2v) is 8.09. The van der Waals surface area contributed by atoms with E-state index in [-0.39, 0.29) is 6.54 Å². The summed E-state index contributed by atoms with van der Waals surface area (Å²) >= 11 is 0. The number of amides is 1. The molecule has 0 spiro atoms. The minimum Gasteiger partial charge on any atom is -0.339 e. The molecule has 8 heteroatoms. The van der Waals surface area contributed by atoms with Crippen LogP contribution in [0.2, 0.25) is 0 Å². The number of aromatic nitrogens is 4. The van der Waals surface area contributed by atoms with Crippen LogP contribution in [0.4, 0.5) is 8.78 Å². The first-order valence-electron chi connectivity index (χ1n) is 11.0. The molecule has 35 heavy (non-hydrogen) atoms. The fourth-order valence-corrected chi connectivity index (χ4v) is 3.98. The Hall–Kier alpha value is -4.46. The Morgan fingerprint density at radius 3 is 2.57 bits per heavy atom. The average molecular weight is 469 g/mol. The van der Waals surface area contributed by atoms with Gasteiger partial charge in [-0.2, -0.15) is 0 Å². The highest BCUT2D eigenvalue weighted by molar-refractivity contribution is 5.96. The van der Waals surface area contributed by atoms with E-state index in [0.717, 1.165) is 16.3 Å². The largest absolute Gasteiger partial charge is 0.339 e. The van der Waals surface area contributed by atoms with E-state index in [1.54, 1.807) is 77.9 Å². The van der Waals surface area contributed by atoms with Gasteiger partial charge in [-0.15, -0.1) is 5.10 Å². The van der Waals surface area contributed by atoms with Crippen molar-refractivity contribution in [2.24, 2.45) is 0 Å². The Labute approximate surface area is 200 Å². The van der Waals surface area contributed by atoms with E-state index in [0.29, 0.717) is 22.4 Å². The molecule has 3 aromatic carbocycles. The maximum absolute atomic E-state index is 13.7. The summed E-state index contributed by atoms with van der Waals surface area (Å²) in [7, 11) is 0. The van der Waals surface area contributed by atoms with E-state index >= 15 is 0 Å². The lowest BCUT2D eigenvalue weighted by atomic mass is 10.0. The van der Waals surface area contributed by atoms with Crippen molar-refractivity contribution in [3.05, 3.63) is 114 Å². The van der Waals surface area contributed by atoms with Gasteiger partial charge in [0.25, 0.3) is 12.3 Å². The number of alkyl halides is 2. The molecule has 174 valence electrons. The molecule has 0 unspecified atom stereocenters. The summed E-state index contributed by atoms with van der Waals surface area (Å²) in [5.74, 6) is -0.571. The predicted octanol–water partition coefficient (Wildman–Crippen LogP) is 5.28. The second-order valence-electron chi connectivity index (χ2n) is 8.09. The van der Waals surface area contributed by atoms with Crippen LogP contribution in [0.3, 0.4) is 0 Å². The normalized spacial score (nSPS) is 12.1. The third kappa shape index (κ3) is 4.91. The Morgan fingerprint density at radius 2 is 1.74 bits per heavy atom. The number of carbonyl (C=O) groups is 1. The fraction of sp³-hybridized carbons (Fsp3) is 0.111. The number of pyridine rings is 1. The van der Waals surface area contributed by atoms with Crippen LogP contribution in [0.1, 0.15) is 27.5 Å². The molecule has 0 saturated heterocycles. The van der Waals surface area contributed by atoms with Gasteiger partial charge in [0, 0.05) is 28.9 Å². The molecule has 2 heterocycles. The predicted molar refractivity (Wildman–Crippen MR) is 129 cm³/mol. The molecule has 5 rings (SSSR count). The van der Waals surface area contributed by atoms with Crippen molar-refractivity contribution in [2.45, 2.75) is 19.0 Å². The van der Waals surface area contributed by atoms with E-state index in [1.807, 2.05) is 24.3 Å². The third-order valence-corrected chi connectivity index (χ3v) is 5.77. The molecule has 0 aliphatic heterocycles. The molecule has 0 bridgehead atoms. The molecule has 5 aromatic rings. The first kappa shape index (κ1) is 22.3. The zero-order chi connectivity index (χ0) is 24.2. The van der Waals surface area contributed by atoms with Crippen LogP contribution in [0.15, 0.2) is 97.5 Å². The quantitative estimate of drug-likeness (QED) is 0.352. The lowest BCUT2D eigenvalue weighted by Crippen LogP contribution is -2.33. The monoisotopic (exact) mass is 469 g/mol. The minimum absolute atomic E-state index is 0.263. The van der Waals surface area contributed by atoms with Gasteiger partial charge in [-0.3, -0.25) is 9.78 Å². The highest BCUT2D eigenvalue weighted by atomic mass is 19.3. The topological polar surface area (TPSA) is 72.7 Å². The first-order chi connectivity index (χ1) is 17.1. The molecule has 1 atom stereocenters. The Kier molecular flexibility index (Phi) is 6.26. The van der Waals surface area contributed by atoms with Crippen molar-refractivity contribution in [2.75, 3.05) is 0 Å². The number of nitrogens with zero attached hydrogens (tertiary/aromatic N) is 4. The number of hydrogen-bond acceptors (Lipinski definition) is 4. The van der Waals surface area contributed by atoms with E-state index in [9.17, 15) is 13.6 Å². The van der Waals surface area contributed by atoms with Gasteiger partial charge in [-0.05, 0) is 34.7 Å². The standard InChI is InChI=1S/C27H21F2N5O/c28-26(29)25(18-6-2-1-3-7-18)31-27(35)23-9-5-4-8-22(23)16-34-17-24(32-33-34)20-10-11-21-15-30-13-12-19(21)14-20/h1-15,17,25-26H,16H2,(H,31,35)/t25-/m1/s1. The number of fused-ring (bicyclic) bond motifs is 1. The van der Waals surface area contributed by atoms with Crippen LogP contribution in [-0.4, -0.2) is 32.3 Å². The van der Waals surface area contributed by atoms with Gasteiger partial charge < -0.3 is 5.32 Å². The van der Waals surface area contributed by atoms with Crippen LogP contribution in [0.25, 0.3) is 22.0 Å². The zero-order valence-corrected chi connectivity index (χ0v) is 18.6. The summed E-state index contributed by atoms with van der Waals surface area (Å²) in [6, 6.07) is 21.6. The molecular weight excluding hydrogens is 448 g/mol. The summed E-state index contributed by atoms with van der Waals surface area (Å²) in [5, 5.41) is 13.0. The number of benzene rings is 3. The number of hydrogen-bond donors (Lipinski definition) is 1. The maximum atomic E-state index is 13.7. The number of rotatable bonds is 7. The third-order valence-electron chi connectivity index (χ3n) is 5.77. The SMILES string of the molecule is O=C(N[C@H](c1ccccc1)C(F)F)c1ccccc1Cn1cc(-c2ccc3cnccc3c2)nn1. The van der Waals surface area contributed by atoms with Crippen LogP contribution in [-0.2, 0) is 6.54 Å². The summed E-state index contributed by atoms with van der Waals surface area (Å²) in [5.41, 5.74) is 2.90. The van der Waals surface area contributed by atoms with E-state index < -0.39 is 18.4 Å². The Balaban J connectivity index is 1.37. The lowest BCUT2D eigenvalue weighted by Gasteiger charge is -2.19. The molecule has 0 radical (unpaired) electrons. The summed E-state index contributed by atoms with van der Waals surface area (Å²) in [6.07, 6.45) is 2.59. The van der Waals surface area contributed by atoms with Crippen molar-refractivity contribution in [1.82, 2.24) is 25.3 Å². The molecule has 1 amide bonds. The molecule has 0 fully saturated rings. The fourth-order valence-electron chi connectivity index (χ4n) is 3.98. The summed E-state index contributed by atoms with van der Waals surface area (Å²) in [4.78, 5) is 17.1. The van der Waals surface area contributed by atoms with Gasteiger partial charge in [0.1, 0.15) is 11.7 Å². The molecule has 0 aliphatic rings. The van der Waals surface area contributed by atoms with E-state index in [1.165, 1.54) is 0 Å². The van der Waals surface area contributed by atoms with Crippen molar-refractivity contribution in [1.29, 1.82) is 0 Å². The van der Waals surface area contributed by atoms with Crippen molar-refractivity contribution >= 4 is 16.7 Å². The van der Waals surface area contributed by atoms with Crippen LogP contribution in [0, 0.1) is 0 Å². The van der Waals surface area contributed by atoms with Crippen molar-refractivity contribution in [3.63, 3.8) is 0 Å². The number of nitrogens with one attached hydrogen (secondary N) is 1. The molecule has 1 N–H and O–H groups in total. The van der Waals surface area contributed by atoms with Gasteiger partial charge in [0.05, 0.1) is 12.7 Å². The zero-order valence-electron chi connectivity index (χ0n) is 18.6. The summed E-state index contributed by atoms with van der Waals surface area (Å²) < 4.78 is 29.1. The van der Waals surface area contributed by atoms with Crippen LogP contribution >= 0.6 is 0 Å². The smallest absolute Gasteiger partial charge is 0.262 e. The molecule has 6 nitrogen and oxygen atoms in total. The lowest BCUT2D eigenvalue weighted by molar-refractivity contribution is 0.0743. The van der Waals surface area contributed by atoms with Gasteiger partial charge in [-0.25, -0.2) is 13.5 Å². The number of halogens is 2. The highest BCUT2D eigenvalue weighted by Gasteiger charge is 2.25. The van der Waals surface area contributed by atoms with Crippen LogP contribution < -0.4 is 5.32 Å². The van der Waals surface area contributed by atoms with Crippen LogP contribution in [0.5, 0.6) is 0 Å². The van der Waals surface area contributed by atoms with Gasteiger partial charge in [0.15, 0.2) is 0 Å². The van der Waals surface area contributed by atoms with E-state index in [2.05, 4.69) is 20.6 Å². The van der Waals surface area contributed by atoms with Gasteiger partial charge in [-0.1, -0.05) is 65.9 Å². The summed E-state index contributed by atoms with van der Waals surface area (Å²) in [6.45, 7) is 0.263. The Bertz CT molecular complexity index is 1470. The molecule has 2 aromatic heterocycles. The second kappa shape index (κ2) is 9.80. The van der Waals surface area contributed by atoms with E-state index in [4.69, 9.17) is 0 Å². The first-order valence-corrected chi connectivity index (χ1v) is 11.0. The maximum Gasteiger partial charge on any atom is 0.262 e. The van der Waals surface area contributed by atoms with Crippen molar-refractivity contribution < 1.29 is 13.6 Å².